The van der Waals surface area contributed by atoms with Crippen LogP contribution in [0.15, 0.2) is 67.9 Å². The second-order valence-electron chi connectivity index (χ2n) is 3.70. The lowest BCUT2D eigenvalue weighted by atomic mass is 10.2. The molecule has 0 spiro atoms. The number of rotatable bonds is 3. The second-order valence-corrected chi connectivity index (χ2v) is 4.95. The van der Waals surface area contributed by atoms with Gasteiger partial charge in [-0.15, -0.1) is 0 Å². The van der Waals surface area contributed by atoms with Gasteiger partial charge in [-0.1, -0.05) is 53.5 Å². The van der Waals surface area contributed by atoms with Gasteiger partial charge in [-0.25, -0.2) is 0 Å². The molecule has 1 heterocycles. The van der Waals surface area contributed by atoms with Crippen molar-refractivity contribution >= 4 is 22.5 Å². The molecule has 1 aromatic carbocycles. The molecule has 5 heteroatoms. The van der Waals surface area contributed by atoms with Crippen LogP contribution >= 0.6 is 0 Å². The Morgan fingerprint density at radius 2 is 1.55 bits per heavy atom. The zero-order chi connectivity index (χ0) is 15.0. The molecule has 0 radical (unpaired) electrons. The van der Waals surface area contributed by atoms with E-state index in [4.69, 9.17) is 0 Å². The van der Waals surface area contributed by atoms with Gasteiger partial charge >= 0.3 is 10.3 Å². The second kappa shape index (κ2) is 7.37. The summed E-state index contributed by atoms with van der Waals surface area (Å²) in [5.41, 5.74) is 1.43. The number of nitrogens with zero attached hydrogens (tertiary/aromatic N) is 1. The Hall–Kier alpha value is -2.24. The molecule has 0 saturated carbocycles. The van der Waals surface area contributed by atoms with Crippen LogP contribution in [0.1, 0.15) is 11.3 Å². The summed E-state index contributed by atoms with van der Waals surface area (Å²) in [6.07, 6.45) is 4.31. The average Bonchev–Trinajstić information content (AvgIpc) is 2.48. The third-order valence-corrected chi connectivity index (χ3v) is 3.15. The lowest BCUT2D eigenvalue weighted by molar-refractivity contribution is -0.521. The molecule has 20 heavy (non-hydrogen) atoms. The van der Waals surface area contributed by atoms with Crippen molar-refractivity contribution in [1.82, 2.24) is 0 Å². The Kier molecular flexibility index (Phi) is 5.83. The molecule has 0 saturated heterocycles. The van der Waals surface area contributed by atoms with Crippen molar-refractivity contribution in [2.24, 2.45) is 0 Å². The van der Waals surface area contributed by atoms with Gasteiger partial charge in [0.15, 0.2) is 6.20 Å². The third kappa shape index (κ3) is 4.79. The summed E-state index contributed by atoms with van der Waals surface area (Å²) >= 11 is 0. The van der Waals surface area contributed by atoms with Gasteiger partial charge in [-0.3, -0.25) is 0 Å². The van der Waals surface area contributed by atoms with E-state index in [0.717, 1.165) is 0 Å². The summed E-state index contributed by atoms with van der Waals surface area (Å²) in [6.45, 7) is 7.01. The molecule has 2 rings (SSSR count). The fourth-order valence-corrected chi connectivity index (χ4v) is 2.01. The Morgan fingerprint density at radius 3 is 1.95 bits per heavy atom. The standard InChI is InChI=1S/C8H8.C7H7NO3S/c1-2-8-6-4-3-5-7-8;1-2-7-5-3-4-6-8(7)12(9,10)11/h2-7H,1H2;2-6H,1H2. The van der Waals surface area contributed by atoms with Crippen molar-refractivity contribution in [2.75, 3.05) is 0 Å². The van der Waals surface area contributed by atoms with Gasteiger partial charge in [0.1, 0.15) is 0 Å². The van der Waals surface area contributed by atoms with Crippen molar-refractivity contribution in [3.05, 3.63) is 79.1 Å². The van der Waals surface area contributed by atoms with Crippen molar-refractivity contribution < 1.29 is 16.9 Å². The molecular weight excluding hydrogens is 274 g/mol. The fourth-order valence-electron chi connectivity index (χ4n) is 1.39. The summed E-state index contributed by atoms with van der Waals surface area (Å²) in [5, 5.41) is 0. The maximum atomic E-state index is 10.6. The maximum Gasteiger partial charge on any atom is 0.330 e. The molecule has 0 aliphatic carbocycles. The summed E-state index contributed by atoms with van der Waals surface area (Å²) in [4.78, 5) is 0. The molecule has 0 aliphatic heterocycles. The molecule has 4 nitrogen and oxygen atoms in total. The first-order chi connectivity index (χ1) is 9.49. The zero-order valence-electron chi connectivity index (χ0n) is 10.8. The molecule has 0 N–H and O–H groups in total. The largest absolute Gasteiger partial charge is 0.693 e. The van der Waals surface area contributed by atoms with E-state index in [9.17, 15) is 13.0 Å². The van der Waals surface area contributed by atoms with Gasteiger partial charge in [0.25, 0.3) is 0 Å². The van der Waals surface area contributed by atoms with E-state index >= 15 is 0 Å². The fraction of sp³-hybridized carbons (Fsp3) is 0. The Labute approximate surface area is 119 Å². The average molecular weight is 289 g/mol. The summed E-state index contributed by atoms with van der Waals surface area (Å²) in [6, 6.07) is 14.6. The molecule has 0 fully saturated rings. The van der Waals surface area contributed by atoms with E-state index in [1.807, 2.05) is 36.4 Å². The van der Waals surface area contributed by atoms with Crippen LogP contribution in [0.5, 0.6) is 0 Å². The van der Waals surface area contributed by atoms with Gasteiger partial charge in [0, 0.05) is 18.2 Å². The minimum absolute atomic E-state index is 0.257. The normalized spacial score (nSPS) is 10.1. The van der Waals surface area contributed by atoms with Crippen LogP contribution in [0.2, 0.25) is 0 Å². The van der Waals surface area contributed by atoms with Crippen LogP contribution in [-0.2, 0) is 10.3 Å². The monoisotopic (exact) mass is 289 g/mol. The molecule has 0 atom stereocenters. The Balaban J connectivity index is 0.000000217. The summed E-state index contributed by atoms with van der Waals surface area (Å²) < 4.78 is 32.3. The number of hydrogen-bond donors (Lipinski definition) is 0. The highest BCUT2D eigenvalue weighted by atomic mass is 32.2. The minimum atomic E-state index is -4.45. The first-order valence-corrected chi connectivity index (χ1v) is 7.12. The number of benzene rings is 1. The number of aromatic nitrogens is 1. The van der Waals surface area contributed by atoms with Gasteiger partial charge in [-0.2, -0.15) is 8.42 Å². The van der Waals surface area contributed by atoms with Crippen LogP contribution < -0.4 is 3.97 Å². The SMILES string of the molecule is C=Cc1cccc[n+]1S(=O)(=O)[O-].C=Cc1ccccc1. The summed E-state index contributed by atoms with van der Waals surface area (Å²) in [7, 11) is -4.45. The quantitative estimate of drug-likeness (QED) is 0.643. The highest BCUT2D eigenvalue weighted by Crippen LogP contribution is 1.97. The van der Waals surface area contributed by atoms with Crippen LogP contribution in [-0.4, -0.2) is 13.0 Å². The van der Waals surface area contributed by atoms with E-state index in [-0.39, 0.29) is 5.69 Å². The lowest BCUT2D eigenvalue weighted by Crippen LogP contribution is -2.44. The topological polar surface area (TPSA) is 61.1 Å². The van der Waals surface area contributed by atoms with Gasteiger partial charge in [0.2, 0.25) is 5.69 Å². The van der Waals surface area contributed by atoms with E-state index in [0.29, 0.717) is 3.97 Å². The first kappa shape index (κ1) is 15.8. The first-order valence-electron chi connectivity index (χ1n) is 5.76. The maximum absolute atomic E-state index is 10.6. The van der Waals surface area contributed by atoms with Crippen LogP contribution in [0.3, 0.4) is 0 Å². The zero-order valence-corrected chi connectivity index (χ0v) is 11.7. The predicted molar refractivity (Wildman–Crippen MR) is 78.4 cm³/mol. The van der Waals surface area contributed by atoms with E-state index in [1.165, 1.54) is 30.0 Å². The van der Waals surface area contributed by atoms with Gasteiger partial charge in [-0.05, 0) is 11.6 Å². The van der Waals surface area contributed by atoms with Gasteiger partial charge < -0.3 is 4.55 Å². The highest BCUT2D eigenvalue weighted by Gasteiger charge is 2.11. The van der Waals surface area contributed by atoms with E-state index in [2.05, 4.69) is 13.2 Å². The van der Waals surface area contributed by atoms with Crippen molar-refractivity contribution in [3.63, 3.8) is 0 Å². The third-order valence-electron chi connectivity index (χ3n) is 2.34. The minimum Gasteiger partial charge on any atom is -0.693 e. The van der Waals surface area contributed by atoms with Crippen LogP contribution in [0, 0.1) is 0 Å². The number of pyridine rings is 1. The van der Waals surface area contributed by atoms with Crippen LogP contribution in [0.25, 0.3) is 12.2 Å². The Bertz CT molecular complexity index is 679. The molecule has 1 aromatic heterocycles. The summed E-state index contributed by atoms with van der Waals surface area (Å²) in [5.74, 6) is 0. The van der Waals surface area contributed by atoms with E-state index < -0.39 is 10.3 Å². The van der Waals surface area contributed by atoms with Crippen molar-refractivity contribution in [1.29, 1.82) is 0 Å². The smallest absolute Gasteiger partial charge is 0.330 e. The molecule has 0 unspecified atom stereocenters. The predicted octanol–water partition coefficient (Wildman–Crippen LogP) is 2.26. The van der Waals surface area contributed by atoms with Crippen molar-refractivity contribution in [2.45, 2.75) is 0 Å². The van der Waals surface area contributed by atoms with Gasteiger partial charge in [0.05, 0.1) is 0 Å². The lowest BCUT2D eigenvalue weighted by Gasteiger charge is -2.01. The molecule has 0 bridgehead atoms. The molecule has 104 valence electrons. The van der Waals surface area contributed by atoms with E-state index in [1.54, 1.807) is 6.07 Å². The molecule has 0 amide bonds. The molecular formula is C15H15NO3S. The Morgan fingerprint density at radius 1 is 0.950 bits per heavy atom. The van der Waals surface area contributed by atoms with Crippen molar-refractivity contribution in [3.8, 4) is 0 Å². The molecule has 2 aromatic rings. The number of hydrogen-bond acceptors (Lipinski definition) is 3. The van der Waals surface area contributed by atoms with Crippen LogP contribution in [0.4, 0.5) is 0 Å². The molecule has 0 aliphatic rings. The highest BCUT2D eigenvalue weighted by molar-refractivity contribution is 7.78.